The van der Waals surface area contributed by atoms with Gasteiger partial charge in [-0.05, 0) is 60.7 Å². The second-order valence-corrected chi connectivity index (χ2v) is 14.8. The van der Waals surface area contributed by atoms with E-state index in [0.29, 0.717) is 0 Å². The Morgan fingerprint density at radius 2 is 0.500 bits per heavy atom. The van der Waals surface area contributed by atoms with E-state index in [1.807, 2.05) is 49.6 Å². The van der Waals surface area contributed by atoms with Gasteiger partial charge in [0.1, 0.15) is 0 Å². The van der Waals surface area contributed by atoms with E-state index in [1.165, 1.54) is 21.5 Å². The zero-order valence-corrected chi connectivity index (χ0v) is 30.9. The maximum Gasteiger partial charge on any atom is 0.0968 e. The molecule has 8 heteroatoms. The van der Waals surface area contributed by atoms with Crippen molar-refractivity contribution in [2.75, 3.05) is 0 Å². The van der Waals surface area contributed by atoms with Crippen LogP contribution in [-0.2, 0) is 0 Å². The van der Waals surface area contributed by atoms with Gasteiger partial charge in [-0.2, -0.15) is 0 Å². The molecule has 0 aliphatic carbocycles. The molecule has 13 aromatic rings. The van der Waals surface area contributed by atoms with Crippen LogP contribution in [0.25, 0.3) is 110 Å². The van der Waals surface area contributed by atoms with Crippen molar-refractivity contribution < 1.29 is 0 Å². The summed E-state index contributed by atoms with van der Waals surface area (Å²) in [5.41, 5.74) is 12.7. The molecule has 8 nitrogen and oxygen atoms in total. The number of nitrogens with zero attached hydrogens (tertiary/aromatic N) is 8. The molecule has 0 fully saturated rings. The molecule has 0 unspecified atom stereocenters. The van der Waals surface area contributed by atoms with Crippen LogP contribution in [0.5, 0.6) is 0 Å². The highest BCUT2D eigenvalue weighted by atomic mass is 15.1. The van der Waals surface area contributed by atoms with Crippen LogP contribution in [0.1, 0.15) is 0 Å². The highest BCUT2D eigenvalue weighted by Gasteiger charge is 2.29. The van der Waals surface area contributed by atoms with Gasteiger partial charge in [0.05, 0.1) is 66.9 Å². The third-order valence-electron chi connectivity index (χ3n) is 11.9. The summed E-state index contributed by atoms with van der Waals surface area (Å²) in [5.74, 6) is 0. The molecule has 0 atom stereocenters. The van der Waals surface area contributed by atoms with Crippen LogP contribution in [0.2, 0.25) is 0 Å². The number of para-hydroxylation sites is 4. The molecule has 0 amide bonds. The predicted octanol–water partition coefficient (Wildman–Crippen LogP) is 11.7. The SMILES string of the molecule is c1ccc2c(c1)c1ccccc1n2-c1ccc(-n2c3ccccc3c3ccccc32)c(-n2c3ccncc3c3cnccc32)c1-n1c2ccncc2c2cnccc21. The minimum absolute atomic E-state index is 1.01. The number of fused-ring (bicyclic) bond motifs is 12. The lowest BCUT2D eigenvalue weighted by atomic mass is 10.1. The van der Waals surface area contributed by atoms with Gasteiger partial charge in [-0.3, -0.25) is 19.9 Å². The van der Waals surface area contributed by atoms with Gasteiger partial charge in [-0.15, -0.1) is 0 Å². The second kappa shape index (κ2) is 11.7. The number of aromatic nitrogens is 8. The van der Waals surface area contributed by atoms with Crippen LogP contribution in [0, 0.1) is 0 Å². The zero-order chi connectivity index (χ0) is 37.9. The predicted molar refractivity (Wildman–Crippen MR) is 235 cm³/mol. The van der Waals surface area contributed by atoms with Gasteiger partial charge in [0.2, 0.25) is 0 Å². The zero-order valence-electron chi connectivity index (χ0n) is 30.9. The molecule has 5 aromatic carbocycles. The molecule has 270 valence electrons. The Hall–Kier alpha value is -8.10. The molecule has 0 saturated carbocycles. The first-order valence-corrected chi connectivity index (χ1v) is 19.4. The highest BCUT2D eigenvalue weighted by Crippen LogP contribution is 2.46. The quantitative estimate of drug-likeness (QED) is 0.180. The third kappa shape index (κ3) is 4.07. The van der Waals surface area contributed by atoms with Crippen molar-refractivity contribution in [3.05, 3.63) is 183 Å². The normalized spacial score (nSPS) is 12.1. The van der Waals surface area contributed by atoms with E-state index in [1.54, 1.807) is 0 Å². The summed E-state index contributed by atoms with van der Waals surface area (Å²) in [7, 11) is 0. The first-order chi connectivity index (χ1) is 28.8. The van der Waals surface area contributed by atoms with Crippen molar-refractivity contribution in [3.8, 4) is 22.7 Å². The molecule has 0 aliphatic heterocycles. The van der Waals surface area contributed by atoms with E-state index in [4.69, 9.17) is 0 Å². The van der Waals surface area contributed by atoms with Crippen LogP contribution >= 0.6 is 0 Å². The Kier molecular flexibility index (Phi) is 6.29. The van der Waals surface area contributed by atoms with E-state index in [2.05, 4.69) is 172 Å². The lowest BCUT2D eigenvalue weighted by Gasteiger charge is -2.25. The summed E-state index contributed by atoms with van der Waals surface area (Å²) in [6, 6.07) is 48.0. The first kappa shape index (κ1) is 31.1. The van der Waals surface area contributed by atoms with Gasteiger partial charge in [0.25, 0.3) is 0 Å². The van der Waals surface area contributed by atoms with Crippen LogP contribution in [0.3, 0.4) is 0 Å². The molecule has 0 radical (unpaired) electrons. The Morgan fingerprint density at radius 3 is 0.793 bits per heavy atom. The van der Waals surface area contributed by atoms with Gasteiger partial charge in [-0.1, -0.05) is 72.8 Å². The fourth-order valence-corrected chi connectivity index (χ4v) is 9.62. The Labute approximate surface area is 330 Å². The lowest BCUT2D eigenvalue weighted by Crippen LogP contribution is -2.13. The molecule has 0 N–H and O–H groups in total. The first-order valence-electron chi connectivity index (χ1n) is 19.4. The summed E-state index contributed by atoms with van der Waals surface area (Å²) in [4.78, 5) is 18.5. The van der Waals surface area contributed by atoms with Crippen molar-refractivity contribution >= 4 is 87.2 Å². The summed E-state index contributed by atoms with van der Waals surface area (Å²) >= 11 is 0. The molecule has 58 heavy (non-hydrogen) atoms. The maximum absolute atomic E-state index is 4.64. The second-order valence-electron chi connectivity index (χ2n) is 14.8. The van der Waals surface area contributed by atoms with Gasteiger partial charge in [0, 0.05) is 92.7 Å². The van der Waals surface area contributed by atoms with Crippen molar-refractivity contribution in [3.63, 3.8) is 0 Å². The topological polar surface area (TPSA) is 71.3 Å². The van der Waals surface area contributed by atoms with Crippen LogP contribution in [-0.4, -0.2) is 38.2 Å². The molecular formula is C50H30N8. The molecule has 0 saturated heterocycles. The van der Waals surface area contributed by atoms with Crippen LogP contribution in [0.15, 0.2) is 183 Å². The number of benzene rings is 5. The molecule has 8 heterocycles. The highest BCUT2D eigenvalue weighted by molar-refractivity contribution is 6.15. The van der Waals surface area contributed by atoms with Crippen molar-refractivity contribution in [2.24, 2.45) is 0 Å². The minimum Gasteiger partial charge on any atom is -0.307 e. The number of hydrogen-bond donors (Lipinski definition) is 0. The fourth-order valence-electron chi connectivity index (χ4n) is 9.62. The van der Waals surface area contributed by atoms with Crippen LogP contribution < -0.4 is 0 Å². The minimum atomic E-state index is 1.01. The van der Waals surface area contributed by atoms with Gasteiger partial charge in [-0.25, -0.2) is 0 Å². The molecule has 0 spiro atoms. The van der Waals surface area contributed by atoms with E-state index >= 15 is 0 Å². The van der Waals surface area contributed by atoms with E-state index < -0.39 is 0 Å². The average molecular weight is 743 g/mol. The number of rotatable bonds is 4. The Bertz CT molecular complexity index is 3360. The average Bonchev–Trinajstić information content (AvgIpc) is 4.01. The van der Waals surface area contributed by atoms with E-state index in [-0.39, 0.29) is 0 Å². The Balaban J connectivity index is 1.35. The van der Waals surface area contributed by atoms with Crippen molar-refractivity contribution in [2.45, 2.75) is 0 Å². The van der Waals surface area contributed by atoms with Gasteiger partial charge >= 0.3 is 0 Å². The summed E-state index contributed by atoms with van der Waals surface area (Å²) in [6.45, 7) is 0. The molecule has 8 aromatic heterocycles. The van der Waals surface area contributed by atoms with Crippen molar-refractivity contribution in [1.29, 1.82) is 0 Å². The summed E-state index contributed by atoms with van der Waals surface area (Å²) in [6.07, 6.45) is 15.4. The standard InChI is InChI=1S/C50H30N8/c1-5-13-39-31(9-1)32-10-2-6-14-40(32)55(39)47-17-18-48(56-41-15-7-3-11-33(41)34-12-4-8-16-42(34)56)50(58-45-21-25-53-29-37(45)38-30-54-26-22-46(38)58)49(47)57-43-19-23-51-27-35(43)36-28-52-24-20-44(36)57/h1-30H. The lowest BCUT2D eigenvalue weighted by molar-refractivity contribution is 1.02. The molecule has 0 bridgehead atoms. The smallest absolute Gasteiger partial charge is 0.0968 e. The van der Waals surface area contributed by atoms with Gasteiger partial charge in [0.15, 0.2) is 0 Å². The molecular weight excluding hydrogens is 713 g/mol. The summed E-state index contributed by atoms with van der Waals surface area (Å²) in [5, 5.41) is 8.90. The summed E-state index contributed by atoms with van der Waals surface area (Å²) < 4.78 is 9.74. The number of pyridine rings is 4. The number of hydrogen-bond acceptors (Lipinski definition) is 4. The van der Waals surface area contributed by atoms with Gasteiger partial charge < -0.3 is 18.3 Å². The maximum atomic E-state index is 4.64. The fraction of sp³-hybridized carbons (Fsp3) is 0. The van der Waals surface area contributed by atoms with E-state index in [0.717, 1.165) is 88.4 Å². The largest absolute Gasteiger partial charge is 0.307 e. The van der Waals surface area contributed by atoms with Crippen LogP contribution in [0.4, 0.5) is 0 Å². The Morgan fingerprint density at radius 1 is 0.241 bits per heavy atom. The third-order valence-corrected chi connectivity index (χ3v) is 11.9. The monoisotopic (exact) mass is 742 g/mol. The van der Waals surface area contributed by atoms with Crippen molar-refractivity contribution in [1.82, 2.24) is 38.2 Å². The molecule has 13 rings (SSSR count). The van der Waals surface area contributed by atoms with E-state index in [9.17, 15) is 0 Å². The molecule has 0 aliphatic rings.